The smallest absolute Gasteiger partial charge is 0.253 e. The Morgan fingerprint density at radius 1 is 1.15 bits per heavy atom. The van der Waals surface area contributed by atoms with Gasteiger partial charge < -0.3 is 10.0 Å². The molecule has 3 heteroatoms. The second kappa shape index (κ2) is 5.63. The molecule has 0 heterocycles. The normalized spacial score (nSPS) is 11.6. The van der Waals surface area contributed by atoms with Crippen LogP contribution >= 0.6 is 0 Å². The molecule has 0 aliphatic rings. The molecule has 106 valence electrons. The topological polar surface area (TPSA) is 40.5 Å². The summed E-state index contributed by atoms with van der Waals surface area (Å²) in [4.78, 5) is 13.5. The number of rotatable bonds is 4. The summed E-state index contributed by atoms with van der Waals surface area (Å²) in [6.45, 7) is 3.63. The van der Waals surface area contributed by atoms with Crippen molar-refractivity contribution >= 4 is 16.7 Å². The van der Waals surface area contributed by atoms with Crippen LogP contribution in [0.2, 0.25) is 0 Å². The van der Waals surface area contributed by atoms with Crippen LogP contribution in [0, 0.1) is 0 Å². The zero-order valence-electron chi connectivity index (χ0n) is 12.3. The van der Waals surface area contributed by atoms with Crippen LogP contribution in [0.3, 0.4) is 0 Å². The Bertz CT molecular complexity index is 608. The molecule has 0 fully saturated rings. The van der Waals surface area contributed by atoms with Gasteiger partial charge in [0.2, 0.25) is 0 Å². The molecule has 0 saturated heterocycles. The third-order valence-corrected chi connectivity index (χ3v) is 3.47. The highest BCUT2D eigenvalue weighted by molar-refractivity contribution is 5.86. The van der Waals surface area contributed by atoms with E-state index in [9.17, 15) is 9.90 Å². The average Bonchev–Trinajstić information content (AvgIpc) is 2.42. The van der Waals surface area contributed by atoms with Crippen molar-refractivity contribution in [3.8, 4) is 0 Å². The molecule has 2 aromatic rings. The maximum absolute atomic E-state index is 11.9. The summed E-state index contributed by atoms with van der Waals surface area (Å²) >= 11 is 0. The first-order valence-corrected chi connectivity index (χ1v) is 6.84. The molecule has 0 aliphatic carbocycles. The van der Waals surface area contributed by atoms with Gasteiger partial charge in [0.05, 0.1) is 0 Å². The quantitative estimate of drug-likeness (QED) is 0.928. The summed E-state index contributed by atoms with van der Waals surface area (Å²) in [6, 6.07) is 14.4. The molecule has 0 bridgehead atoms. The van der Waals surface area contributed by atoms with Crippen LogP contribution in [0.15, 0.2) is 42.5 Å². The first-order valence-electron chi connectivity index (χ1n) is 6.84. The van der Waals surface area contributed by atoms with Crippen molar-refractivity contribution in [2.45, 2.75) is 25.9 Å². The SMILES string of the molecule is CN(CCc1cccc2ccccc12)C(=O)C(C)(C)O. The molecule has 0 atom stereocenters. The largest absolute Gasteiger partial charge is 0.381 e. The van der Waals surface area contributed by atoms with Crippen LogP contribution in [0.25, 0.3) is 10.8 Å². The number of likely N-dealkylation sites (N-methyl/N-ethyl adjacent to an activating group) is 1. The number of hydrogen-bond acceptors (Lipinski definition) is 2. The Morgan fingerprint density at radius 2 is 1.80 bits per heavy atom. The van der Waals surface area contributed by atoms with Gasteiger partial charge in [0, 0.05) is 13.6 Å². The molecule has 0 unspecified atom stereocenters. The van der Waals surface area contributed by atoms with E-state index in [1.165, 1.54) is 30.2 Å². The lowest BCUT2D eigenvalue weighted by molar-refractivity contribution is -0.146. The Labute approximate surface area is 119 Å². The molecule has 2 aromatic carbocycles. The fourth-order valence-electron chi connectivity index (χ4n) is 2.37. The molecule has 3 nitrogen and oxygen atoms in total. The van der Waals surface area contributed by atoms with E-state index in [-0.39, 0.29) is 5.91 Å². The lowest BCUT2D eigenvalue weighted by atomic mass is 10.0. The Hall–Kier alpha value is -1.87. The van der Waals surface area contributed by atoms with Gasteiger partial charge in [0.15, 0.2) is 0 Å². The maximum Gasteiger partial charge on any atom is 0.253 e. The lowest BCUT2D eigenvalue weighted by Crippen LogP contribution is -2.43. The molecule has 0 aromatic heterocycles. The third-order valence-electron chi connectivity index (χ3n) is 3.47. The van der Waals surface area contributed by atoms with Crippen molar-refractivity contribution in [1.29, 1.82) is 0 Å². The van der Waals surface area contributed by atoms with Gasteiger partial charge in [0.25, 0.3) is 5.91 Å². The van der Waals surface area contributed by atoms with Crippen LogP contribution in [0.5, 0.6) is 0 Å². The second-order valence-electron chi connectivity index (χ2n) is 5.67. The highest BCUT2D eigenvalue weighted by atomic mass is 16.3. The first-order chi connectivity index (χ1) is 9.39. The summed E-state index contributed by atoms with van der Waals surface area (Å²) in [5, 5.41) is 12.2. The van der Waals surface area contributed by atoms with E-state index in [0.717, 1.165) is 6.42 Å². The van der Waals surface area contributed by atoms with E-state index >= 15 is 0 Å². The van der Waals surface area contributed by atoms with Crippen LogP contribution in [-0.4, -0.2) is 35.1 Å². The molecule has 20 heavy (non-hydrogen) atoms. The average molecular weight is 271 g/mol. The van der Waals surface area contributed by atoms with Gasteiger partial charge in [-0.15, -0.1) is 0 Å². The van der Waals surface area contributed by atoms with E-state index in [1.54, 1.807) is 11.9 Å². The van der Waals surface area contributed by atoms with Crippen molar-refractivity contribution in [2.24, 2.45) is 0 Å². The van der Waals surface area contributed by atoms with E-state index in [0.29, 0.717) is 6.54 Å². The predicted molar refractivity (Wildman–Crippen MR) is 81.6 cm³/mol. The van der Waals surface area contributed by atoms with Crippen molar-refractivity contribution in [2.75, 3.05) is 13.6 Å². The Morgan fingerprint density at radius 3 is 2.50 bits per heavy atom. The zero-order valence-corrected chi connectivity index (χ0v) is 12.3. The number of fused-ring (bicyclic) bond motifs is 1. The molecule has 0 radical (unpaired) electrons. The monoisotopic (exact) mass is 271 g/mol. The highest BCUT2D eigenvalue weighted by Crippen LogP contribution is 2.19. The van der Waals surface area contributed by atoms with Crippen molar-refractivity contribution in [3.63, 3.8) is 0 Å². The minimum Gasteiger partial charge on any atom is -0.381 e. The summed E-state index contributed by atoms with van der Waals surface area (Å²) in [5.74, 6) is -0.252. The van der Waals surface area contributed by atoms with Crippen molar-refractivity contribution < 1.29 is 9.90 Å². The summed E-state index contributed by atoms with van der Waals surface area (Å²) in [7, 11) is 1.73. The van der Waals surface area contributed by atoms with Gasteiger partial charge >= 0.3 is 0 Å². The number of aliphatic hydroxyl groups is 1. The van der Waals surface area contributed by atoms with Gasteiger partial charge in [-0.2, -0.15) is 0 Å². The number of carbonyl (C=O) groups is 1. The van der Waals surface area contributed by atoms with Crippen LogP contribution in [0.4, 0.5) is 0 Å². The van der Waals surface area contributed by atoms with Gasteiger partial charge in [-0.05, 0) is 36.6 Å². The fourth-order valence-corrected chi connectivity index (χ4v) is 2.37. The maximum atomic E-state index is 11.9. The molecule has 0 aliphatic heterocycles. The molecule has 0 saturated carbocycles. The van der Waals surface area contributed by atoms with Crippen LogP contribution < -0.4 is 0 Å². The minimum absolute atomic E-state index is 0.252. The first kappa shape index (κ1) is 14.5. The van der Waals surface area contributed by atoms with Gasteiger partial charge in [-0.1, -0.05) is 42.5 Å². The van der Waals surface area contributed by atoms with Crippen molar-refractivity contribution in [3.05, 3.63) is 48.0 Å². The van der Waals surface area contributed by atoms with E-state index in [2.05, 4.69) is 24.3 Å². The number of amides is 1. The van der Waals surface area contributed by atoms with E-state index in [1.807, 2.05) is 18.2 Å². The Kier molecular flexibility index (Phi) is 4.09. The van der Waals surface area contributed by atoms with Crippen molar-refractivity contribution in [1.82, 2.24) is 4.90 Å². The molecule has 0 spiro atoms. The van der Waals surface area contributed by atoms with Gasteiger partial charge in [-0.3, -0.25) is 4.79 Å². The second-order valence-corrected chi connectivity index (χ2v) is 5.67. The third kappa shape index (κ3) is 3.17. The number of nitrogens with zero attached hydrogens (tertiary/aromatic N) is 1. The van der Waals surface area contributed by atoms with Gasteiger partial charge in [-0.25, -0.2) is 0 Å². The summed E-state index contributed by atoms with van der Waals surface area (Å²) < 4.78 is 0. The number of hydrogen-bond donors (Lipinski definition) is 1. The molecule has 2 rings (SSSR count). The van der Waals surface area contributed by atoms with Crippen LogP contribution in [0.1, 0.15) is 19.4 Å². The predicted octanol–water partition coefficient (Wildman–Crippen LogP) is 2.61. The molecule has 1 N–H and O–H groups in total. The molecular formula is C17H21NO2. The van der Waals surface area contributed by atoms with E-state index < -0.39 is 5.60 Å². The standard InChI is InChI=1S/C17H21NO2/c1-17(2,20)16(19)18(3)12-11-14-9-6-8-13-7-4-5-10-15(13)14/h4-10,20H,11-12H2,1-3H3. The summed E-state index contributed by atoms with van der Waals surface area (Å²) in [6.07, 6.45) is 0.777. The van der Waals surface area contributed by atoms with Gasteiger partial charge in [0.1, 0.15) is 5.60 Å². The highest BCUT2D eigenvalue weighted by Gasteiger charge is 2.26. The number of benzene rings is 2. The lowest BCUT2D eigenvalue weighted by Gasteiger charge is -2.25. The fraction of sp³-hybridized carbons (Fsp3) is 0.353. The minimum atomic E-state index is -1.31. The molecular weight excluding hydrogens is 250 g/mol. The van der Waals surface area contributed by atoms with Crippen LogP contribution in [-0.2, 0) is 11.2 Å². The van der Waals surface area contributed by atoms with E-state index in [4.69, 9.17) is 0 Å². The Balaban J connectivity index is 2.12. The zero-order chi connectivity index (χ0) is 14.8. The number of carbonyl (C=O) groups excluding carboxylic acids is 1. The summed E-state index contributed by atoms with van der Waals surface area (Å²) in [5.41, 5.74) is -0.0912. The molecule has 1 amide bonds.